The van der Waals surface area contributed by atoms with E-state index in [1.165, 1.54) is 32.1 Å². The Balaban J connectivity index is 1.70. The number of hydrogen-bond acceptors (Lipinski definition) is 3. The molecule has 2 fully saturated rings. The van der Waals surface area contributed by atoms with Gasteiger partial charge in [-0.1, -0.05) is 6.42 Å². The van der Waals surface area contributed by atoms with Gasteiger partial charge >= 0.3 is 0 Å². The Morgan fingerprint density at radius 3 is 2.71 bits per heavy atom. The van der Waals surface area contributed by atoms with Gasteiger partial charge in [0.15, 0.2) is 0 Å². The minimum Gasteiger partial charge on any atom is -0.381 e. The molecule has 2 unspecified atom stereocenters. The summed E-state index contributed by atoms with van der Waals surface area (Å²) in [7, 11) is 1.82. The quantitative estimate of drug-likeness (QED) is 0.775. The van der Waals surface area contributed by atoms with E-state index in [2.05, 4.69) is 11.6 Å². The lowest BCUT2D eigenvalue weighted by molar-refractivity contribution is 0.0146. The third-order valence-corrected chi connectivity index (χ3v) is 4.80. The Bertz CT molecular complexity index is 182. The molecule has 0 saturated heterocycles. The van der Waals surface area contributed by atoms with Crippen LogP contribution in [0, 0.1) is 0 Å². The molecule has 0 heterocycles. The molecule has 2 rings (SSSR count). The fourth-order valence-corrected chi connectivity index (χ4v) is 3.54. The van der Waals surface area contributed by atoms with Crippen LogP contribution < -0.4 is 5.32 Å². The van der Waals surface area contributed by atoms with Gasteiger partial charge in [-0.2, -0.15) is 11.8 Å². The SMILES string of the molecule is COC1CC(NC2CCCC2SC)C1. The second-order valence-corrected chi connectivity index (χ2v) is 5.58. The van der Waals surface area contributed by atoms with Gasteiger partial charge in [0, 0.05) is 24.4 Å². The molecule has 0 spiro atoms. The van der Waals surface area contributed by atoms with E-state index in [9.17, 15) is 0 Å². The second kappa shape index (κ2) is 4.86. The van der Waals surface area contributed by atoms with Gasteiger partial charge in [0.05, 0.1) is 6.10 Å². The molecule has 14 heavy (non-hydrogen) atoms. The van der Waals surface area contributed by atoms with Gasteiger partial charge in [-0.15, -0.1) is 0 Å². The van der Waals surface area contributed by atoms with Crippen molar-refractivity contribution in [3.8, 4) is 0 Å². The van der Waals surface area contributed by atoms with Gasteiger partial charge in [-0.25, -0.2) is 0 Å². The lowest BCUT2D eigenvalue weighted by Crippen LogP contribution is -2.50. The van der Waals surface area contributed by atoms with Gasteiger partial charge in [0.2, 0.25) is 0 Å². The Morgan fingerprint density at radius 1 is 1.29 bits per heavy atom. The predicted molar refractivity (Wildman–Crippen MR) is 61.9 cm³/mol. The molecule has 2 nitrogen and oxygen atoms in total. The van der Waals surface area contributed by atoms with E-state index >= 15 is 0 Å². The molecule has 0 bridgehead atoms. The van der Waals surface area contributed by atoms with E-state index in [1.54, 1.807) is 0 Å². The molecule has 0 amide bonds. The molecular weight excluding hydrogens is 194 g/mol. The van der Waals surface area contributed by atoms with Crippen molar-refractivity contribution in [1.29, 1.82) is 0 Å². The van der Waals surface area contributed by atoms with Gasteiger partial charge in [0.1, 0.15) is 0 Å². The molecular formula is C11H21NOS. The van der Waals surface area contributed by atoms with Gasteiger partial charge < -0.3 is 10.1 Å². The van der Waals surface area contributed by atoms with Crippen molar-refractivity contribution in [2.75, 3.05) is 13.4 Å². The number of methoxy groups -OCH3 is 1. The summed E-state index contributed by atoms with van der Waals surface area (Å²) in [6.07, 6.45) is 9.38. The van der Waals surface area contributed by atoms with Crippen LogP contribution in [0.1, 0.15) is 32.1 Å². The Morgan fingerprint density at radius 2 is 2.07 bits per heavy atom. The van der Waals surface area contributed by atoms with E-state index in [0.717, 1.165) is 17.3 Å². The maximum Gasteiger partial charge on any atom is 0.0601 e. The summed E-state index contributed by atoms with van der Waals surface area (Å²) in [5.41, 5.74) is 0. The molecule has 0 aliphatic heterocycles. The van der Waals surface area contributed by atoms with Crippen molar-refractivity contribution in [2.45, 2.75) is 55.5 Å². The summed E-state index contributed by atoms with van der Waals surface area (Å²) in [6.45, 7) is 0. The van der Waals surface area contributed by atoms with Crippen LogP contribution in [0.3, 0.4) is 0 Å². The summed E-state index contributed by atoms with van der Waals surface area (Å²) in [5.74, 6) is 0. The number of thioether (sulfide) groups is 1. The van der Waals surface area contributed by atoms with Crippen molar-refractivity contribution in [3.63, 3.8) is 0 Å². The summed E-state index contributed by atoms with van der Waals surface area (Å²) in [5, 5.41) is 4.64. The normalized spacial score (nSPS) is 42.4. The molecule has 1 N–H and O–H groups in total. The lowest BCUT2D eigenvalue weighted by Gasteiger charge is -2.37. The van der Waals surface area contributed by atoms with Crippen LogP contribution in [0.5, 0.6) is 0 Å². The minimum absolute atomic E-state index is 0.529. The summed E-state index contributed by atoms with van der Waals surface area (Å²) < 4.78 is 5.29. The van der Waals surface area contributed by atoms with Gasteiger partial charge in [0.25, 0.3) is 0 Å². The van der Waals surface area contributed by atoms with Gasteiger partial charge in [-0.3, -0.25) is 0 Å². The maximum atomic E-state index is 5.29. The summed E-state index contributed by atoms with van der Waals surface area (Å²) >= 11 is 2.03. The molecule has 0 aromatic rings. The third-order valence-electron chi connectivity index (χ3n) is 3.63. The van der Waals surface area contributed by atoms with E-state index in [-0.39, 0.29) is 0 Å². The van der Waals surface area contributed by atoms with Crippen LogP contribution in [0.25, 0.3) is 0 Å². The van der Waals surface area contributed by atoms with Crippen LogP contribution in [-0.2, 0) is 4.74 Å². The monoisotopic (exact) mass is 215 g/mol. The fraction of sp³-hybridized carbons (Fsp3) is 1.00. The molecule has 2 aliphatic carbocycles. The standard InChI is InChI=1S/C11H21NOS/c1-13-9-6-8(7-9)12-10-4-3-5-11(10)14-2/h8-12H,3-7H2,1-2H3. The van der Waals surface area contributed by atoms with Crippen molar-refractivity contribution in [3.05, 3.63) is 0 Å². The number of hydrogen-bond donors (Lipinski definition) is 1. The van der Waals surface area contributed by atoms with E-state index in [4.69, 9.17) is 4.74 Å². The first-order valence-electron chi connectivity index (χ1n) is 5.65. The second-order valence-electron chi connectivity index (χ2n) is 4.50. The first kappa shape index (κ1) is 10.8. The Labute approximate surface area is 91.2 Å². The molecule has 0 aromatic heterocycles. The number of nitrogens with one attached hydrogen (secondary N) is 1. The van der Waals surface area contributed by atoms with E-state index < -0.39 is 0 Å². The highest BCUT2D eigenvalue weighted by molar-refractivity contribution is 7.99. The van der Waals surface area contributed by atoms with Gasteiger partial charge in [-0.05, 0) is 31.9 Å². The molecule has 0 aromatic carbocycles. The Hall–Kier alpha value is 0.270. The third kappa shape index (κ3) is 2.26. The molecule has 2 saturated carbocycles. The van der Waals surface area contributed by atoms with Crippen LogP contribution >= 0.6 is 11.8 Å². The zero-order valence-electron chi connectivity index (χ0n) is 9.16. The largest absolute Gasteiger partial charge is 0.381 e. The minimum atomic E-state index is 0.529. The highest BCUT2D eigenvalue weighted by Gasteiger charge is 2.34. The van der Waals surface area contributed by atoms with Crippen molar-refractivity contribution >= 4 is 11.8 Å². The van der Waals surface area contributed by atoms with Crippen molar-refractivity contribution in [2.24, 2.45) is 0 Å². The van der Waals surface area contributed by atoms with Crippen molar-refractivity contribution in [1.82, 2.24) is 5.32 Å². The highest BCUT2D eigenvalue weighted by Crippen LogP contribution is 2.31. The predicted octanol–water partition coefficient (Wildman–Crippen LogP) is 2.04. The van der Waals surface area contributed by atoms with Crippen LogP contribution in [0.2, 0.25) is 0 Å². The first-order valence-corrected chi connectivity index (χ1v) is 6.94. The van der Waals surface area contributed by atoms with Crippen LogP contribution in [0.4, 0.5) is 0 Å². The Kier molecular flexibility index (Phi) is 3.74. The lowest BCUT2D eigenvalue weighted by atomic mass is 9.88. The summed E-state index contributed by atoms with van der Waals surface area (Å²) in [4.78, 5) is 0. The van der Waals surface area contributed by atoms with Crippen molar-refractivity contribution < 1.29 is 4.74 Å². The molecule has 0 radical (unpaired) electrons. The average molecular weight is 215 g/mol. The zero-order chi connectivity index (χ0) is 9.97. The molecule has 2 aliphatic rings. The van der Waals surface area contributed by atoms with Crippen LogP contribution in [0.15, 0.2) is 0 Å². The van der Waals surface area contributed by atoms with E-state index in [0.29, 0.717) is 6.10 Å². The summed E-state index contributed by atoms with van der Waals surface area (Å²) in [6, 6.07) is 1.51. The molecule has 3 heteroatoms. The molecule has 82 valence electrons. The topological polar surface area (TPSA) is 21.3 Å². The van der Waals surface area contributed by atoms with Crippen LogP contribution in [-0.4, -0.2) is 36.8 Å². The average Bonchev–Trinajstić information content (AvgIpc) is 2.57. The number of ether oxygens (including phenoxy) is 1. The fourth-order valence-electron chi connectivity index (χ4n) is 2.60. The zero-order valence-corrected chi connectivity index (χ0v) is 9.98. The highest BCUT2D eigenvalue weighted by atomic mass is 32.2. The molecule has 2 atom stereocenters. The first-order chi connectivity index (χ1) is 6.83. The maximum absolute atomic E-state index is 5.29. The number of rotatable bonds is 4. The van der Waals surface area contributed by atoms with E-state index in [1.807, 2.05) is 18.9 Å². The smallest absolute Gasteiger partial charge is 0.0601 e.